The highest BCUT2D eigenvalue weighted by molar-refractivity contribution is 7.22. The highest BCUT2D eigenvalue weighted by atomic mass is 32.1. The fraction of sp³-hybridized carbons (Fsp3) is 0.107. The average molecular weight is 515 g/mol. The summed E-state index contributed by atoms with van der Waals surface area (Å²) in [6.45, 7) is 0. The Balaban J connectivity index is 1.63. The molecule has 186 valence electrons. The molecule has 1 unspecified atom stereocenters. The summed E-state index contributed by atoms with van der Waals surface area (Å²) in [6.07, 6.45) is 2.94. The van der Waals surface area contributed by atoms with Crippen LogP contribution in [0.5, 0.6) is 17.2 Å². The number of ketones is 1. The van der Waals surface area contributed by atoms with E-state index in [0.717, 1.165) is 10.3 Å². The van der Waals surface area contributed by atoms with Crippen molar-refractivity contribution >= 4 is 44.5 Å². The first-order valence-electron chi connectivity index (χ1n) is 11.3. The van der Waals surface area contributed by atoms with Gasteiger partial charge >= 0.3 is 0 Å². The van der Waals surface area contributed by atoms with Gasteiger partial charge in [0.1, 0.15) is 5.75 Å². The molecule has 5 rings (SSSR count). The molecule has 8 nitrogen and oxygen atoms in total. The molecule has 1 atom stereocenters. The molecule has 1 aliphatic rings. The lowest BCUT2D eigenvalue weighted by Gasteiger charge is -2.24. The van der Waals surface area contributed by atoms with Crippen molar-refractivity contribution in [1.29, 1.82) is 0 Å². The number of amides is 1. The summed E-state index contributed by atoms with van der Waals surface area (Å²) in [5, 5.41) is 21.4. The summed E-state index contributed by atoms with van der Waals surface area (Å²) in [7, 11) is 2.96. The summed E-state index contributed by atoms with van der Waals surface area (Å²) < 4.78 is 11.3. The highest BCUT2D eigenvalue weighted by Crippen LogP contribution is 2.45. The molecule has 9 heteroatoms. The number of hydrogen-bond donors (Lipinski definition) is 2. The Hall–Kier alpha value is -4.63. The van der Waals surface area contributed by atoms with E-state index in [4.69, 9.17) is 9.47 Å². The number of ether oxygens (including phenoxy) is 2. The Labute approximate surface area is 216 Å². The Morgan fingerprint density at radius 3 is 2.54 bits per heavy atom. The lowest BCUT2D eigenvalue weighted by Crippen LogP contribution is -2.30. The molecule has 2 N–H and O–H groups in total. The molecule has 2 heterocycles. The second-order valence-electron chi connectivity index (χ2n) is 8.21. The molecular weight excluding hydrogens is 492 g/mol. The van der Waals surface area contributed by atoms with Crippen LogP contribution >= 0.6 is 11.3 Å². The molecule has 0 saturated carbocycles. The number of allylic oxidation sites excluding steroid dienone is 1. The number of phenolic OH excluding ortho intramolecular Hbond substituents is 1. The molecule has 4 aromatic rings. The monoisotopic (exact) mass is 514 g/mol. The van der Waals surface area contributed by atoms with Crippen molar-refractivity contribution in [3.63, 3.8) is 0 Å². The maximum Gasteiger partial charge on any atom is 0.296 e. The van der Waals surface area contributed by atoms with Gasteiger partial charge < -0.3 is 19.7 Å². The lowest BCUT2D eigenvalue weighted by molar-refractivity contribution is -0.117. The number of thiazole rings is 1. The normalized spacial score (nSPS) is 15.7. The predicted molar refractivity (Wildman–Crippen MR) is 141 cm³/mol. The van der Waals surface area contributed by atoms with Crippen LogP contribution in [0.3, 0.4) is 0 Å². The topological polar surface area (TPSA) is 109 Å². The molecule has 0 saturated heterocycles. The van der Waals surface area contributed by atoms with Crippen molar-refractivity contribution in [2.24, 2.45) is 0 Å². The second-order valence-corrected chi connectivity index (χ2v) is 9.22. The van der Waals surface area contributed by atoms with Crippen molar-refractivity contribution in [3.05, 3.63) is 95.3 Å². The van der Waals surface area contributed by atoms with Crippen LogP contribution in [0.2, 0.25) is 0 Å². The van der Waals surface area contributed by atoms with Crippen molar-refractivity contribution in [2.75, 3.05) is 19.1 Å². The minimum Gasteiger partial charge on any atom is -0.504 e. The van der Waals surface area contributed by atoms with Crippen LogP contribution in [0.1, 0.15) is 17.2 Å². The van der Waals surface area contributed by atoms with Gasteiger partial charge in [0, 0.05) is 0 Å². The van der Waals surface area contributed by atoms with Crippen molar-refractivity contribution in [2.45, 2.75) is 6.04 Å². The molecule has 1 aliphatic heterocycles. The number of benzene rings is 3. The van der Waals surface area contributed by atoms with Gasteiger partial charge in [-0.2, -0.15) is 0 Å². The average Bonchev–Trinajstić information content (AvgIpc) is 3.45. The Kier molecular flexibility index (Phi) is 6.37. The number of phenols is 1. The van der Waals surface area contributed by atoms with Crippen molar-refractivity contribution < 1.29 is 29.3 Å². The van der Waals surface area contributed by atoms with Gasteiger partial charge in [-0.05, 0) is 47.5 Å². The van der Waals surface area contributed by atoms with Crippen LogP contribution in [0.15, 0.2) is 84.1 Å². The minimum atomic E-state index is -1.00. The van der Waals surface area contributed by atoms with Crippen molar-refractivity contribution in [3.8, 4) is 17.2 Å². The van der Waals surface area contributed by atoms with Crippen LogP contribution in [0, 0.1) is 0 Å². The number of fused-ring (bicyclic) bond motifs is 1. The number of nitrogens with zero attached hydrogens (tertiary/aromatic N) is 2. The van der Waals surface area contributed by atoms with Crippen LogP contribution in [0.25, 0.3) is 16.3 Å². The van der Waals surface area contributed by atoms with E-state index in [9.17, 15) is 19.8 Å². The molecule has 0 spiro atoms. The van der Waals surface area contributed by atoms with Crippen LogP contribution in [-0.2, 0) is 9.59 Å². The van der Waals surface area contributed by atoms with E-state index >= 15 is 0 Å². The number of aliphatic hydroxyl groups is 1. The second kappa shape index (κ2) is 9.79. The summed E-state index contributed by atoms with van der Waals surface area (Å²) in [5.41, 5.74) is 1.79. The summed E-state index contributed by atoms with van der Waals surface area (Å²) >= 11 is 1.23. The number of rotatable bonds is 7. The number of anilines is 1. The zero-order chi connectivity index (χ0) is 26.1. The molecule has 0 bridgehead atoms. The number of aliphatic hydroxyl groups excluding tert-OH is 1. The van der Waals surface area contributed by atoms with E-state index in [-0.39, 0.29) is 17.1 Å². The zero-order valence-corrected chi connectivity index (χ0v) is 20.7. The van der Waals surface area contributed by atoms with E-state index in [1.807, 2.05) is 30.3 Å². The summed E-state index contributed by atoms with van der Waals surface area (Å²) in [4.78, 5) is 32.7. The predicted octanol–water partition coefficient (Wildman–Crippen LogP) is 5.20. The number of aromatic hydroxyl groups is 1. The van der Waals surface area contributed by atoms with Crippen LogP contribution in [-0.4, -0.2) is 41.1 Å². The third-order valence-corrected chi connectivity index (χ3v) is 7.03. The number of methoxy groups -OCH3 is 2. The van der Waals surface area contributed by atoms with Gasteiger partial charge in [-0.1, -0.05) is 53.8 Å². The fourth-order valence-corrected chi connectivity index (χ4v) is 5.20. The Morgan fingerprint density at radius 2 is 1.81 bits per heavy atom. The van der Waals surface area contributed by atoms with Gasteiger partial charge in [0.25, 0.3) is 5.91 Å². The summed E-state index contributed by atoms with van der Waals surface area (Å²) in [5.74, 6) is -1.23. The quantitative estimate of drug-likeness (QED) is 0.326. The van der Waals surface area contributed by atoms with Gasteiger partial charge in [-0.3, -0.25) is 14.5 Å². The van der Waals surface area contributed by atoms with E-state index in [1.165, 1.54) is 41.6 Å². The third kappa shape index (κ3) is 4.41. The maximum atomic E-state index is 13.4. The first-order valence-corrected chi connectivity index (χ1v) is 12.1. The highest BCUT2D eigenvalue weighted by Gasteiger charge is 2.45. The molecular formula is C28H22N2O6S. The SMILES string of the molecule is COc1ccc2nc(N3C(=O)C(O)=C(C(=O)/C=C/c4ccccc4)C3c3ccc(O)c(OC)c3)sc2c1. The molecule has 1 aromatic heterocycles. The zero-order valence-electron chi connectivity index (χ0n) is 19.9. The first-order chi connectivity index (χ1) is 17.9. The van der Waals surface area contributed by atoms with E-state index < -0.39 is 23.5 Å². The van der Waals surface area contributed by atoms with Crippen LogP contribution in [0.4, 0.5) is 5.13 Å². The van der Waals surface area contributed by atoms with E-state index in [2.05, 4.69) is 4.98 Å². The standard InChI is InChI=1S/C28H22N2O6S/c1-35-18-10-11-19-23(15-18)37-28(29-19)30-25(17-9-13-20(31)22(14-17)36-2)24(26(33)27(30)34)21(32)12-8-16-6-4-3-5-7-16/h3-15,25,31,33H,1-2H3/b12-8+. The first kappa shape index (κ1) is 24.1. The van der Waals surface area contributed by atoms with Crippen LogP contribution < -0.4 is 14.4 Å². The summed E-state index contributed by atoms with van der Waals surface area (Å²) in [6, 6.07) is 18.1. The van der Waals surface area contributed by atoms with E-state index in [1.54, 1.807) is 37.5 Å². The maximum absolute atomic E-state index is 13.4. The number of aromatic nitrogens is 1. The molecule has 0 fully saturated rings. The lowest BCUT2D eigenvalue weighted by atomic mass is 9.95. The number of carbonyl (C=O) groups excluding carboxylic acids is 2. The largest absolute Gasteiger partial charge is 0.504 e. The molecule has 37 heavy (non-hydrogen) atoms. The number of carbonyl (C=O) groups is 2. The number of hydrogen-bond acceptors (Lipinski definition) is 8. The third-order valence-electron chi connectivity index (χ3n) is 6.01. The smallest absolute Gasteiger partial charge is 0.296 e. The molecule has 1 amide bonds. The molecule has 0 aliphatic carbocycles. The molecule has 3 aromatic carbocycles. The van der Waals surface area contributed by atoms with Gasteiger partial charge in [0.2, 0.25) is 0 Å². The van der Waals surface area contributed by atoms with Crippen molar-refractivity contribution in [1.82, 2.24) is 4.98 Å². The van der Waals surface area contributed by atoms with Gasteiger partial charge in [0.05, 0.1) is 36.1 Å². The Morgan fingerprint density at radius 1 is 1.03 bits per heavy atom. The van der Waals surface area contributed by atoms with Gasteiger partial charge in [0.15, 0.2) is 28.2 Å². The van der Waals surface area contributed by atoms with E-state index in [0.29, 0.717) is 22.0 Å². The van der Waals surface area contributed by atoms with Gasteiger partial charge in [-0.15, -0.1) is 0 Å². The molecule has 0 radical (unpaired) electrons. The fourth-order valence-electron chi connectivity index (χ4n) is 4.18. The minimum absolute atomic E-state index is 0.0956. The Bertz CT molecular complexity index is 1570. The van der Waals surface area contributed by atoms with Gasteiger partial charge in [-0.25, -0.2) is 4.98 Å².